The zero-order chi connectivity index (χ0) is 10.7. The molecule has 15 heavy (non-hydrogen) atoms. The molecule has 1 aromatic rings. The van der Waals surface area contributed by atoms with Gasteiger partial charge in [-0.05, 0) is 43.7 Å². The van der Waals surface area contributed by atoms with E-state index < -0.39 is 0 Å². The van der Waals surface area contributed by atoms with E-state index in [0.717, 1.165) is 18.4 Å². The van der Waals surface area contributed by atoms with Gasteiger partial charge >= 0.3 is 0 Å². The SMILES string of the molecule is Cc1ccc(SOCC2CC(C)C2)cc1. The Hall–Kier alpha value is -0.470. The smallest absolute Gasteiger partial charge is 0.0646 e. The predicted octanol–water partition coefficient (Wildman–Crippen LogP) is 4.06. The topological polar surface area (TPSA) is 9.23 Å². The van der Waals surface area contributed by atoms with Crippen LogP contribution in [0.15, 0.2) is 29.2 Å². The van der Waals surface area contributed by atoms with E-state index in [9.17, 15) is 0 Å². The summed E-state index contributed by atoms with van der Waals surface area (Å²) in [5, 5.41) is 0. The Bertz CT molecular complexity index is 301. The highest BCUT2D eigenvalue weighted by molar-refractivity contribution is 7.94. The first-order valence-electron chi connectivity index (χ1n) is 5.60. The molecule has 1 nitrogen and oxygen atoms in total. The molecule has 0 N–H and O–H groups in total. The average Bonchev–Trinajstić information content (AvgIpc) is 2.18. The molecule has 0 unspecified atom stereocenters. The van der Waals surface area contributed by atoms with Crippen LogP contribution in [0.25, 0.3) is 0 Å². The van der Waals surface area contributed by atoms with Crippen LogP contribution in [0.3, 0.4) is 0 Å². The second-order valence-electron chi connectivity index (χ2n) is 4.62. The van der Waals surface area contributed by atoms with Crippen molar-refractivity contribution in [2.24, 2.45) is 11.8 Å². The molecule has 0 bridgehead atoms. The van der Waals surface area contributed by atoms with Crippen molar-refractivity contribution in [3.63, 3.8) is 0 Å². The van der Waals surface area contributed by atoms with Crippen molar-refractivity contribution >= 4 is 12.0 Å². The molecule has 1 aliphatic carbocycles. The average molecular weight is 222 g/mol. The molecule has 0 aromatic heterocycles. The Kier molecular flexibility index (Phi) is 3.71. The van der Waals surface area contributed by atoms with Crippen molar-refractivity contribution in [3.05, 3.63) is 29.8 Å². The fraction of sp³-hybridized carbons (Fsp3) is 0.538. The highest BCUT2D eigenvalue weighted by Gasteiger charge is 2.25. The zero-order valence-corrected chi connectivity index (χ0v) is 10.2. The highest BCUT2D eigenvalue weighted by atomic mass is 32.2. The normalized spacial score (nSPS) is 24.9. The van der Waals surface area contributed by atoms with Crippen LogP contribution in [0.4, 0.5) is 0 Å². The van der Waals surface area contributed by atoms with Crippen molar-refractivity contribution in [2.75, 3.05) is 6.61 Å². The van der Waals surface area contributed by atoms with Gasteiger partial charge in [0, 0.05) is 16.9 Å². The van der Waals surface area contributed by atoms with Gasteiger partial charge in [0.15, 0.2) is 0 Å². The van der Waals surface area contributed by atoms with Gasteiger partial charge < -0.3 is 4.18 Å². The van der Waals surface area contributed by atoms with E-state index in [0.29, 0.717) is 0 Å². The van der Waals surface area contributed by atoms with Crippen LogP contribution >= 0.6 is 12.0 Å². The second-order valence-corrected chi connectivity index (χ2v) is 5.50. The van der Waals surface area contributed by atoms with E-state index in [1.165, 1.54) is 35.3 Å². The minimum Gasteiger partial charge on any atom is -0.310 e. The molecular formula is C13H18OS. The molecule has 82 valence electrons. The van der Waals surface area contributed by atoms with Crippen molar-refractivity contribution in [1.82, 2.24) is 0 Å². The predicted molar refractivity (Wildman–Crippen MR) is 64.9 cm³/mol. The van der Waals surface area contributed by atoms with Gasteiger partial charge in [0.2, 0.25) is 0 Å². The van der Waals surface area contributed by atoms with Gasteiger partial charge in [-0.15, -0.1) is 0 Å². The molecule has 0 radical (unpaired) electrons. The maximum Gasteiger partial charge on any atom is 0.0646 e. The van der Waals surface area contributed by atoms with E-state index in [2.05, 4.69) is 38.1 Å². The lowest BCUT2D eigenvalue weighted by Crippen LogP contribution is -2.24. The lowest BCUT2D eigenvalue weighted by molar-refractivity contribution is 0.144. The summed E-state index contributed by atoms with van der Waals surface area (Å²) in [6, 6.07) is 8.47. The molecule has 1 aromatic carbocycles. The number of benzene rings is 1. The number of aryl methyl sites for hydroxylation is 1. The van der Waals surface area contributed by atoms with Crippen LogP contribution in [0.1, 0.15) is 25.3 Å². The Morgan fingerprint density at radius 3 is 2.53 bits per heavy atom. The maximum absolute atomic E-state index is 5.63. The van der Waals surface area contributed by atoms with Gasteiger partial charge in [-0.25, -0.2) is 0 Å². The molecule has 1 fully saturated rings. The summed E-state index contributed by atoms with van der Waals surface area (Å²) in [6.07, 6.45) is 2.68. The molecule has 2 rings (SSSR count). The summed E-state index contributed by atoms with van der Waals surface area (Å²) < 4.78 is 5.63. The highest BCUT2D eigenvalue weighted by Crippen LogP contribution is 2.34. The van der Waals surface area contributed by atoms with Crippen molar-refractivity contribution in [3.8, 4) is 0 Å². The Morgan fingerprint density at radius 1 is 1.27 bits per heavy atom. The van der Waals surface area contributed by atoms with Crippen molar-refractivity contribution < 1.29 is 4.18 Å². The van der Waals surface area contributed by atoms with Crippen LogP contribution in [-0.4, -0.2) is 6.61 Å². The van der Waals surface area contributed by atoms with E-state index in [-0.39, 0.29) is 0 Å². The molecular weight excluding hydrogens is 204 g/mol. The van der Waals surface area contributed by atoms with Crippen LogP contribution in [-0.2, 0) is 4.18 Å². The minimum absolute atomic E-state index is 0.804. The molecule has 1 saturated carbocycles. The number of hydrogen-bond acceptors (Lipinski definition) is 2. The standard InChI is InChI=1S/C13H18OS/c1-10-3-5-13(6-4-10)15-14-9-12-7-11(2)8-12/h3-6,11-12H,7-9H2,1-2H3. The summed E-state index contributed by atoms with van der Waals surface area (Å²) in [7, 11) is 0. The van der Waals surface area contributed by atoms with E-state index >= 15 is 0 Å². The van der Waals surface area contributed by atoms with Crippen LogP contribution in [0.2, 0.25) is 0 Å². The summed E-state index contributed by atoms with van der Waals surface area (Å²) in [5.74, 6) is 1.72. The van der Waals surface area contributed by atoms with E-state index in [4.69, 9.17) is 4.18 Å². The molecule has 0 atom stereocenters. The third kappa shape index (κ3) is 3.25. The summed E-state index contributed by atoms with van der Waals surface area (Å²) in [6.45, 7) is 5.32. The first-order valence-corrected chi connectivity index (χ1v) is 6.34. The summed E-state index contributed by atoms with van der Waals surface area (Å²) >= 11 is 1.51. The third-order valence-electron chi connectivity index (χ3n) is 2.95. The van der Waals surface area contributed by atoms with Gasteiger partial charge in [-0.2, -0.15) is 0 Å². The first-order chi connectivity index (χ1) is 7.24. The largest absolute Gasteiger partial charge is 0.310 e. The minimum atomic E-state index is 0.804. The molecule has 0 aliphatic heterocycles. The number of rotatable bonds is 4. The maximum atomic E-state index is 5.63. The van der Waals surface area contributed by atoms with Gasteiger partial charge in [0.1, 0.15) is 0 Å². The van der Waals surface area contributed by atoms with Crippen LogP contribution < -0.4 is 0 Å². The summed E-state index contributed by atoms with van der Waals surface area (Å²) in [5.41, 5.74) is 1.30. The van der Waals surface area contributed by atoms with Gasteiger partial charge in [0.05, 0.1) is 6.61 Å². The third-order valence-corrected chi connectivity index (χ3v) is 3.67. The Morgan fingerprint density at radius 2 is 1.93 bits per heavy atom. The molecule has 0 amide bonds. The molecule has 0 heterocycles. The van der Waals surface area contributed by atoms with Gasteiger partial charge in [-0.1, -0.05) is 24.6 Å². The molecule has 0 spiro atoms. The molecule has 0 saturated heterocycles. The van der Waals surface area contributed by atoms with Gasteiger partial charge in [-0.3, -0.25) is 0 Å². The second kappa shape index (κ2) is 5.04. The van der Waals surface area contributed by atoms with Crippen molar-refractivity contribution in [2.45, 2.75) is 31.6 Å². The van der Waals surface area contributed by atoms with Crippen molar-refractivity contribution in [1.29, 1.82) is 0 Å². The van der Waals surface area contributed by atoms with E-state index in [1.807, 2.05) is 0 Å². The molecule has 1 aliphatic rings. The molecule has 2 heteroatoms. The fourth-order valence-corrected chi connectivity index (χ4v) is 2.64. The Labute approximate surface area is 96.4 Å². The zero-order valence-electron chi connectivity index (χ0n) is 9.40. The Balaban J connectivity index is 1.67. The van der Waals surface area contributed by atoms with Crippen LogP contribution in [0.5, 0.6) is 0 Å². The number of hydrogen-bond donors (Lipinski definition) is 0. The lowest BCUT2D eigenvalue weighted by atomic mass is 9.77. The monoisotopic (exact) mass is 222 g/mol. The van der Waals surface area contributed by atoms with E-state index in [1.54, 1.807) is 0 Å². The fourth-order valence-electron chi connectivity index (χ4n) is 2.00. The quantitative estimate of drug-likeness (QED) is 0.710. The van der Waals surface area contributed by atoms with Crippen LogP contribution in [0, 0.1) is 18.8 Å². The summed E-state index contributed by atoms with van der Waals surface area (Å²) in [4.78, 5) is 1.20. The van der Waals surface area contributed by atoms with Gasteiger partial charge in [0.25, 0.3) is 0 Å². The first kappa shape index (κ1) is 11.0. The lowest BCUT2D eigenvalue weighted by Gasteiger charge is -2.31.